The van der Waals surface area contributed by atoms with E-state index in [-0.39, 0.29) is 0 Å². The predicted octanol–water partition coefficient (Wildman–Crippen LogP) is 1.36. The minimum absolute atomic E-state index is 1.03. The van der Waals surface area contributed by atoms with E-state index in [1.165, 1.54) is 16.8 Å². The highest BCUT2D eigenvalue weighted by atomic mass is 15.2. The molecule has 1 fully saturated rings. The molecule has 0 unspecified atom stereocenters. The van der Waals surface area contributed by atoms with Gasteiger partial charge in [0.15, 0.2) is 0 Å². The van der Waals surface area contributed by atoms with Crippen LogP contribution in [0.3, 0.4) is 0 Å². The van der Waals surface area contributed by atoms with Gasteiger partial charge in [-0.2, -0.15) is 0 Å². The van der Waals surface area contributed by atoms with Crippen LogP contribution in [-0.4, -0.2) is 36.1 Å². The first-order chi connectivity index (χ1) is 7.81. The Kier molecular flexibility index (Phi) is 3.91. The van der Waals surface area contributed by atoms with E-state index in [1.54, 1.807) is 0 Å². The number of aromatic nitrogens is 1. The van der Waals surface area contributed by atoms with Crippen LogP contribution in [0.1, 0.15) is 23.7 Å². The lowest BCUT2D eigenvalue weighted by atomic mass is 10.1. The molecule has 1 N–H and O–H groups in total. The highest BCUT2D eigenvalue weighted by Gasteiger charge is 2.13. The van der Waals surface area contributed by atoms with Crippen molar-refractivity contribution in [1.82, 2.24) is 15.2 Å². The fraction of sp³-hybridized carbons (Fsp3) is 0.615. The van der Waals surface area contributed by atoms with Crippen molar-refractivity contribution in [3.8, 4) is 0 Å². The van der Waals surface area contributed by atoms with Gasteiger partial charge in [-0.15, -0.1) is 0 Å². The highest BCUT2D eigenvalue weighted by molar-refractivity contribution is 5.29. The molecular formula is C13H21N3. The number of pyridine rings is 1. The molecule has 0 spiro atoms. The second-order valence-electron chi connectivity index (χ2n) is 4.43. The van der Waals surface area contributed by atoms with Crippen LogP contribution in [0.5, 0.6) is 0 Å². The summed E-state index contributed by atoms with van der Waals surface area (Å²) in [6, 6.07) is 2.12. The molecule has 16 heavy (non-hydrogen) atoms. The maximum absolute atomic E-state index is 4.48. The topological polar surface area (TPSA) is 28.2 Å². The number of nitrogens with zero attached hydrogens (tertiary/aromatic N) is 2. The molecule has 0 radical (unpaired) electrons. The molecule has 2 heterocycles. The van der Waals surface area contributed by atoms with Gasteiger partial charge in [-0.1, -0.05) is 6.92 Å². The Morgan fingerprint density at radius 2 is 2.12 bits per heavy atom. The summed E-state index contributed by atoms with van der Waals surface area (Å²) < 4.78 is 0. The second-order valence-corrected chi connectivity index (χ2v) is 4.43. The van der Waals surface area contributed by atoms with Gasteiger partial charge in [-0.3, -0.25) is 9.88 Å². The third-order valence-corrected chi connectivity index (χ3v) is 3.31. The van der Waals surface area contributed by atoms with Crippen molar-refractivity contribution in [2.45, 2.75) is 26.8 Å². The highest BCUT2D eigenvalue weighted by Crippen LogP contribution is 2.15. The normalized spacial score (nSPS) is 17.6. The molecule has 0 aromatic carbocycles. The molecule has 1 aromatic heterocycles. The Balaban J connectivity index is 2.12. The van der Waals surface area contributed by atoms with Gasteiger partial charge < -0.3 is 5.32 Å². The SMILES string of the molecule is CCc1nccc(C)c1CN1CCNCC1. The molecule has 0 atom stereocenters. The maximum atomic E-state index is 4.48. The minimum atomic E-state index is 1.03. The molecule has 2 rings (SSSR count). The lowest BCUT2D eigenvalue weighted by molar-refractivity contribution is 0.232. The van der Waals surface area contributed by atoms with E-state index >= 15 is 0 Å². The number of nitrogens with one attached hydrogen (secondary N) is 1. The molecule has 3 nitrogen and oxygen atoms in total. The van der Waals surface area contributed by atoms with E-state index in [0.29, 0.717) is 0 Å². The van der Waals surface area contributed by atoms with Gasteiger partial charge in [-0.05, 0) is 30.5 Å². The minimum Gasteiger partial charge on any atom is -0.314 e. The third-order valence-electron chi connectivity index (χ3n) is 3.31. The average molecular weight is 219 g/mol. The number of aryl methyl sites for hydroxylation is 2. The standard InChI is InChI=1S/C13H21N3/c1-3-13-12(11(2)4-5-15-13)10-16-8-6-14-7-9-16/h4-5,14H,3,6-10H2,1-2H3. The average Bonchev–Trinajstić information content (AvgIpc) is 2.33. The molecule has 88 valence electrons. The van der Waals surface area contributed by atoms with Crippen LogP contribution in [0, 0.1) is 6.92 Å². The Bertz CT molecular complexity index is 343. The van der Waals surface area contributed by atoms with Crippen LogP contribution >= 0.6 is 0 Å². The quantitative estimate of drug-likeness (QED) is 0.832. The van der Waals surface area contributed by atoms with Crippen molar-refractivity contribution in [2.24, 2.45) is 0 Å². The van der Waals surface area contributed by atoms with Crippen molar-refractivity contribution >= 4 is 0 Å². The van der Waals surface area contributed by atoms with Gasteiger partial charge in [0.1, 0.15) is 0 Å². The molecule has 1 saturated heterocycles. The molecule has 0 amide bonds. The van der Waals surface area contributed by atoms with Crippen molar-refractivity contribution < 1.29 is 0 Å². The summed E-state index contributed by atoms with van der Waals surface area (Å²) in [7, 11) is 0. The summed E-state index contributed by atoms with van der Waals surface area (Å²) in [4.78, 5) is 6.99. The number of hydrogen-bond donors (Lipinski definition) is 1. The molecule has 1 aromatic rings. The monoisotopic (exact) mass is 219 g/mol. The Morgan fingerprint density at radius 3 is 2.81 bits per heavy atom. The maximum Gasteiger partial charge on any atom is 0.0448 e. The van der Waals surface area contributed by atoms with Crippen LogP contribution in [0.15, 0.2) is 12.3 Å². The first-order valence-electron chi connectivity index (χ1n) is 6.17. The van der Waals surface area contributed by atoms with E-state index in [0.717, 1.165) is 39.1 Å². The first-order valence-corrected chi connectivity index (χ1v) is 6.17. The Morgan fingerprint density at radius 1 is 1.38 bits per heavy atom. The van der Waals surface area contributed by atoms with E-state index in [4.69, 9.17) is 0 Å². The second kappa shape index (κ2) is 5.41. The summed E-state index contributed by atoms with van der Waals surface area (Å²) in [6.07, 6.45) is 2.96. The molecule has 1 aliphatic rings. The van der Waals surface area contributed by atoms with Crippen LogP contribution in [-0.2, 0) is 13.0 Å². The summed E-state index contributed by atoms with van der Waals surface area (Å²) in [5.41, 5.74) is 4.08. The van der Waals surface area contributed by atoms with Crippen molar-refractivity contribution in [2.75, 3.05) is 26.2 Å². The van der Waals surface area contributed by atoms with Crippen molar-refractivity contribution in [3.05, 3.63) is 29.1 Å². The molecular weight excluding hydrogens is 198 g/mol. The number of rotatable bonds is 3. The van der Waals surface area contributed by atoms with Gasteiger partial charge in [0.05, 0.1) is 0 Å². The predicted molar refractivity (Wildman–Crippen MR) is 66.5 cm³/mol. The summed E-state index contributed by atoms with van der Waals surface area (Å²) in [5.74, 6) is 0. The van der Waals surface area contributed by atoms with Crippen molar-refractivity contribution in [1.29, 1.82) is 0 Å². The van der Waals surface area contributed by atoms with Gasteiger partial charge in [0.2, 0.25) is 0 Å². The third kappa shape index (κ3) is 2.60. The van der Waals surface area contributed by atoms with Gasteiger partial charge in [0, 0.05) is 44.6 Å². The molecule has 0 aliphatic carbocycles. The lowest BCUT2D eigenvalue weighted by Crippen LogP contribution is -2.43. The van der Waals surface area contributed by atoms with Crippen molar-refractivity contribution in [3.63, 3.8) is 0 Å². The number of piperazine rings is 1. The largest absolute Gasteiger partial charge is 0.314 e. The van der Waals surface area contributed by atoms with E-state index in [2.05, 4.69) is 35.1 Å². The summed E-state index contributed by atoms with van der Waals surface area (Å²) >= 11 is 0. The fourth-order valence-electron chi connectivity index (χ4n) is 2.26. The molecule has 0 saturated carbocycles. The van der Waals surface area contributed by atoms with E-state index < -0.39 is 0 Å². The van der Waals surface area contributed by atoms with Crippen LogP contribution in [0.4, 0.5) is 0 Å². The van der Waals surface area contributed by atoms with Gasteiger partial charge in [0.25, 0.3) is 0 Å². The van der Waals surface area contributed by atoms with Gasteiger partial charge in [-0.25, -0.2) is 0 Å². The van der Waals surface area contributed by atoms with E-state index in [9.17, 15) is 0 Å². The number of hydrogen-bond acceptors (Lipinski definition) is 3. The van der Waals surface area contributed by atoms with Crippen LogP contribution in [0.2, 0.25) is 0 Å². The smallest absolute Gasteiger partial charge is 0.0448 e. The molecule has 0 bridgehead atoms. The zero-order chi connectivity index (χ0) is 11.4. The lowest BCUT2D eigenvalue weighted by Gasteiger charge is -2.28. The first kappa shape index (κ1) is 11.6. The summed E-state index contributed by atoms with van der Waals surface area (Å²) in [5, 5.41) is 3.39. The zero-order valence-electron chi connectivity index (χ0n) is 10.3. The van der Waals surface area contributed by atoms with Crippen LogP contribution in [0.25, 0.3) is 0 Å². The molecule has 3 heteroatoms. The fourth-order valence-corrected chi connectivity index (χ4v) is 2.26. The molecule has 1 aliphatic heterocycles. The Hall–Kier alpha value is -0.930. The van der Waals surface area contributed by atoms with Gasteiger partial charge >= 0.3 is 0 Å². The summed E-state index contributed by atoms with van der Waals surface area (Å²) in [6.45, 7) is 9.96. The zero-order valence-corrected chi connectivity index (χ0v) is 10.3. The Labute approximate surface area is 97.9 Å². The van der Waals surface area contributed by atoms with Crippen LogP contribution < -0.4 is 5.32 Å². The van der Waals surface area contributed by atoms with E-state index in [1.807, 2.05) is 6.20 Å².